The Balaban J connectivity index is 2.30. The first-order valence-corrected chi connectivity index (χ1v) is 5.89. The highest BCUT2D eigenvalue weighted by atomic mass is 32.2. The highest BCUT2D eigenvalue weighted by Gasteiger charge is 2.38. The van der Waals surface area contributed by atoms with E-state index < -0.39 is 10.0 Å². The summed E-state index contributed by atoms with van der Waals surface area (Å²) in [4.78, 5) is 0. The number of sulfonamides is 1. The Kier molecular flexibility index (Phi) is 2.75. The van der Waals surface area contributed by atoms with Gasteiger partial charge in [0, 0.05) is 12.1 Å². The molecule has 5 heteroatoms. The molecule has 0 bridgehead atoms. The van der Waals surface area contributed by atoms with Gasteiger partial charge in [0.2, 0.25) is 10.0 Å². The van der Waals surface area contributed by atoms with Crippen molar-refractivity contribution in [2.24, 2.45) is 5.73 Å². The van der Waals surface area contributed by atoms with Crippen molar-refractivity contribution in [3.05, 3.63) is 0 Å². The van der Waals surface area contributed by atoms with Crippen molar-refractivity contribution in [2.75, 3.05) is 12.3 Å². The number of hydrogen-bond donors (Lipinski definition) is 2. The molecule has 12 heavy (non-hydrogen) atoms. The predicted octanol–water partition coefficient (Wildman–Crippen LogP) is -0.193. The van der Waals surface area contributed by atoms with E-state index in [1.807, 2.05) is 6.92 Å². The predicted molar refractivity (Wildman–Crippen MR) is 48.2 cm³/mol. The largest absolute Gasteiger partial charge is 0.324 e. The second-order valence-corrected chi connectivity index (χ2v) is 5.43. The minimum Gasteiger partial charge on any atom is -0.324 e. The summed E-state index contributed by atoms with van der Waals surface area (Å²) in [5, 5.41) is 0. The Bertz CT molecular complexity index is 244. The van der Waals surface area contributed by atoms with Gasteiger partial charge in [0.05, 0.1) is 5.75 Å². The van der Waals surface area contributed by atoms with Crippen molar-refractivity contribution in [3.8, 4) is 0 Å². The van der Waals surface area contributed by atoms with Crippen LogP contribution in [-0.4, -0.2) is 26.3 Å². The lowest BCUT2D eigenvalue weighted by Crippen LogP contribution is -2.39. The fraction of sp³-hybridized carbons (Fsp3) is 1.00. The topological polar surface area (TPSA) is 72.2 Å². The summed E-state index contributed by atoms with van der Waals surface area (Å²) < 4.78 is 24.8. The summed E-state index contributed by atoms with van der Waals surface area (Å²) in [6.45, 7) is 2.24. The molecule has 0 aromatic heterocycles. The molecule has 3 N–H and O–H groups in total. The third-order valence-corrected chi connectivity index (χ3v) is 3.54. The van der Waals surface area contributed by atoms with Crippen LogP contribution in [0.5, 0.6) is 0 Å². The first kappa shape index (κ1) is 9.95. The van der Waals surface area contributed by atoms with Crippen molar-refractivity contribution in [1.82, 2.24) is 4.72 Å². The monoisotopic (exact) mass is 192 g/mol. The minimum atomic E-state index is -3.05. The zero-order valence-corrected chi connectivity index (χ0v) is 8.15. The lowest BCUT2D eigenvalue weighted by Gasteiger charge is -2.09. The van der Waals surface area contributed by atoms with E-state index in [0.29, 0.717) is 13.0 Å². The minimum absolute atomic E-state index is 0.197. The summed E-state index contributed by atoms with van der Waals surface area (Å²) in [7, 11) is -3.05. The van der Waals surface area contributed by atoms with Crippen molar-refractivity contribution >= 4 is 10.0 Å². The van der Waals surface area contributed by atoms with Gasteiger partial charge in [-0.05, 0) is 19.3 Å². The highest BCUT2D eigenvalue weighted by molar-refractivity contribution is 7.89. The third-order valence-electron chi connectivity index (χ3n) is 2.01. The van der Waals surface area contributed by atoms with Gasteiger partial charge in [-0.25, -0.2) is 13.1 Å². The molecule has 1 rings (SSSR count). The quantitative estimate of drug-likeness (QED) is 0.634. The summed E-state index contributed by atoms with van der Waals surface area (Å²) in [5.74, 6) is 0.197. The zero-order valence-electron chi connectivity index (χ0n) is 7.34. The molecular formula is C7H16N2O2S. The standard InChI is InChI=1S/C7H16N2O2S/c1-2-5-12(10,11)9-6-7(8)3-4-7/h9H,2-6,8H2,1H3. The van der Waals surface area contributed by atoms with Crippen molar-refractivity contribution in [2.45, 2.75) is 31.7 Å². The molecule has 0 amide bonds. The van der Waals surface area contributed by atoms with Crippen molar-refractivity contribution in [3.63, 3.8) is 0 Å². The second kappa shape index (κ2) is 3.32. The van der Waals surface area contributed by atoms with E-state index in [0.717, 1.165) is 12.8 Å². The molecule has 0 aromatic carbocycles. The fourth-order valence-corrected chi connectivity index (χ4v) is 2.12. The molecular weight excluding hydrogens is 176 g/mol. The maximum Gasteiger partial charge on any atom is 0.211 e. The summed E-state index contributed by atoms with van der Waals surface area (Å²) in [6, 6.07) is 0. The van der Waals surface area contributed by atoms with Crippen LogP contribution in [0.25, 0.3) is 0 Å². The van der Waals surface area contributed by atoms with Gasteiger partial charge in [0.25, 0.3) is 0 Å². The number of nitrogens with one attached hydrogen (secondary N) is 1. The van der Waals surface area contributed by atoms with Gasteiger partial charge < -0.3 is 5.73 Å². The smallest absolute Gasteiger partial charge is 0.211 e. The fourth-order valence-electron chi connectivity index (χ4n) is 0.932. The SMILES string of the molecule is CCCS(=O)(=O)NCC1(N)CC1. The van der Waals surface area contributed by atoms with Crippen molar-refractivity contribution in [1.29, 1.82) is 0 Å². The number of rotatable bonds is 5. The molecule has 0 unspecified atom stereocenters. The van der Waals surface area contributed by atoms with Gasteiger partial charge in [-0.15, -0.1) is 0 Å². The Hall–Kier alpha value is -0.130. The Morgan fingerprint density at radius 2 is 2.08 bits per heavy atom. The molecule has 0 aromatic rings. The van der Waals surface area contributed by atoms with Gasteiger partial charge in [-0.2, -0.15) is 0 Å². The van der Waals surface area contributed by atoms with Gasteiger partial charge in [0.15, 0.2) is 0 Å². The zero-order chi connectivity index (χ0) is 9.24. The van der Waals surface area contributed by atoms with E-state index in [1.165, 1.54) is 0 Å². The third kappa shape index (κ3) is 3.08. The summed E-state index contributed by atoms with van der Waals surface area (Å²) in [5.41, 5.74) is 5.49. The molecule has 0 spiro atoms. The van der Waals surface area contributed by atoms with Crippen LogP contribution in [0.4, 0.5) is 0 Å². The van der Waals surface area contributed by atoms with Crippen LogP contribution in [-0.2, 0) is 10.0 Å². The molecule has 1 aliphatic rings. The first-order valence-electron chi connectivity index (χ1n) is 4.24. The van der Waals surface area contributed by atoms with Gasteiger partial charge in [-0.1, -0.05) is 6.92 Å². The maximum absolute atomic E-state index is 11.1. The summed E-state index contributed by atoms with van der Waals surface area (Å²) in [6.07, 6.45) is 2.51. The van der Waals surface area contributed by atoms with E-state index in [4.69, 9.17) is 5.73 Å². The lowest BCUT2D eigenvalue weighted by molar-refractivity contribution is 0.564. The lowest BCUT2D eigenvalue weighted by atomic mass is 10.3. The van der Waals surface area contributed by atoms with Gasteiger partial charge in [0.1, 0.15) is 0 Å². The van der Waals surface area contributed by atoms with Gasteiger partial charge in [-0.3, -0.25) is 0 Å². The molecule has 0 atom stereocenters. The van der Waals surface area contributed by atoms with E-state index in [1.54, 1.807) is 0 Å². The maximum atomic E-state index is 11.1. The Morgan fingerprint density at radius 1 is 1.50 bits per heavy atom. The van der Waals surface area contributed by atoms with Crippen LogP contribution >= 0.6 is 0 Å². The highest BCUT2D eigenvalue weighted by Crippen LogP contribution is 2.31. The Morgan fingerprint density at radius 3 is 2.50 bits per heavy atom. The average Bonchev–Trinajstić information content (AvgIpc) is 2.66. The first-order chi connectivity index (χ1) is 5.47. The van der Waals surface area contributed by atoms with Crippen LogP contribution in [0, 0.1) is 0 Å². The average molecular weight is 192 g/mol. The number of nitrogens with two attached hydrogens (primary N) is 1. The van der Waals surface area contributed by atoms with Crippen LogP contribution in [0.2, 0.25) is 0 Å². The summed E-state index contributed by atoms with van der Waals surface area (Å²) >= 11 is 0. The normalized spacial score (nSPS) is 20.8. The van der Waals surface area contributed by atoms with Crippen LogP contribution in [0.1, 0.15) is 26.2 Å². The van der Waals surface area contributed by atoms with E-state index in [-0.39, 0.29) is 11.3 Å². The van der Waals surface area contributed by atoms with E-state index >= 15 is 0 Å². The molecule has 1 saturated carbocycles. The molecule has 0 radical (unpaired) electrons. The second-order valence-electron chi connectivity index (χ2n) is 3.50. The molecule has 0 aliphatic heterocycles. The van der Waals surface area contributed by atoms with Crippen LogP contribution in [0.15, 0.2) is 0 Å². The van der Waals surface area contributed by atoms with Gasteiger partial charge >= 0.3 is 0 Å². The molecule has 0 heterocycles. The molecule has 1 aliphatic carbocycles. The molecule has 72 valence electrons. The molecule has 4 nitrogen and oxygen atoms in total. The number of hydrogen-bond acceptors (Lipinski definition) is 3. The molecule has 0 saturated heterocycles. The van der Waals surface area contributed by atoms with E-state index in [9.17, 15) is 8.42 Å². The van der Waals surface area contributed by atoms with E-state index in [2.05, 4.69) is 4.72 Å². The van der Waals surface area contributed by atoms with Crippen LogP contribution < -0.4 is 10.5 Å². The molecule has 1 fully saturated rings. The van der Waals surface area contributed by atoms with Crippen LogP contribution in [0.3, 0.4) is 0 Å². The van der Waals surface area contributed by atoms with Crippen molar-refractivity contribution < 1.29 is 8.42 Å². The Labute approximate surface area is 73.6 Å².